The third kappa shape index (κ3) is 3.29. The lowest BCUT2D eigenvalue weighted by atomic mass is 10.3. The number of thiophene rings is 1. The molecule has 1 N–H and O–H groups in total. The molecule has 0 spiro atoms. The van der Waals surface area contributed by atoms with E-state index < -0.39 is 0 Å². The summed E-state index contributed by atoms with van der Waals surface area (Å²) in [7, 11) is 0. The van der Waals surface area contributed by atoms with Gasteiger partial charge < -0.3 is 5.32 Å². The summed E-state index contributed by atoms with van der Waals surface area (Å²) in [5.74, 6) is 0.882. The van der Waals surface area contributed by atoms with Crippen molar-refractivity contribution in [2.45, 2.75) is 19.3 Å². The first-order chi connectivity index (χ1) is 7.16. The van der Waals surface area contributed by atoms with Crippen molar-refractivity contribution in [3.63, 3.8) is 0 Å². The van der Waals surface area contributed by atoms with E-state index in [4.69, 9.17) is 0 Å². The van der Waals surface area contributed by atoms with Gasteiger partial charge in [-0.15, -0.1) is 11.3 Å². The predicted octanol–water partition coefficient (Wildman–Crippen LogP) is 3.80. The maximum Gasteiger partial charge on any atom is 0.253 e. The quantitative estimate of drug-likeness (QED) is 0.877. The highest BCUT2D eigenvalue weighted by molar-refractivity contribution is 9.12. The second-order valence-electron chi connectivity index (χ2n) is 3.73. The Labute approximate surface area is 110 Å². The van der Waals surface area contributed by atoms with Crippen LogP contribution in [0.5, 0.6) is 0 Å². The molecule has 1 fully saturated rings. The summed E-state index contributed by atoms with van der Waals surface area (Å²) in [5.41, 5.74) is 0.725. The van der Waals surface area contributed by atoms with Crippen molar-refractivity contribution in [1.29, 1.82) is 0 Å². The zero-order chi connectivity index (χ0) is 10.8. The molecule has 1 saturated carbocycles. The Morgan fingerprint density at radius 3 is 2.80 bits per heavy atom. The van der Waals surface area contributed by atoms with Gasteiger partial charge in [0.25, 0.3) is 5.91 Å². The molecule has 1 heterocycles. The number of hydrogen-bond donors (Lipinski definition) is 1. The maximum atomic E-state index is 11.7. The second-order valence-corrected chi connectivity index (χ2v) is 7.48. The molecule has 0 bridgehead atoms. The minimum Gasteiger partial charge on any atom is -0.352 e. The summed E-state index contributed by atoms with van der Waals surface area (Å²) in [6.07, 6.45) is 3.79. The maximum absolute atomic E-state index is 11.7. The van der Waals surface area contributed by atoms with E-state index in [1.165, 1.54) is 24.2 Å². The molecule has 0 saturated heterocycles. The van der Waals surface area contributed by atoms with Crippen LogP contribution in [-0.2, 0) is 0 Å². The summed E-state index contributed by atoms with van der Waals surface area (Å²) in [6, 6.07) is 1.85. The van der Waals surface area contributed by atoms with Gasteiger partial charge in [0, 0.05) is 6.54 Å². The molecule has 1 aliphatic rings. The van der Waals surface area contributed by atoms with E-state index in [1.54, 1.807) is 0 Å². The highest BCUT2D eigenvalue weighted by Gasteiger charge is 2.21. The van der Waals surface area contributed by atoms with Gasteiger partial charge in [0.05, 0.1) is 13.1 Å². The molecular formula is C10H11Br2NOS. The molecule has 0 unspecified atom stereocenters. The van der Waals surface area contributed by atoms with E-state index in [0.29, 0.717) is 0 Å². The second kappa shape index (κ2) is 4.97. The number of hydrogen-bond acceptors (Lipinski definition) is 2. The van der Waals surface area contributed by atoms with Gasteiger partial charge in [0.2, 0.25) is 0 Å². The molecule has 0 radical (unpaired) electrons. The fourth-order valence-electron chi connectivity index (χ4n) is 1.39. The first-order valence-electron chi connectivity index (χ1n) is 4.90. The van der Waals surface area contributed by atoms with Gasteiger partial charge in [-0.3, -0.25) is 4.79 Å². The molecule has 1 aliphatic carbocycles. The summed E-state index contributed by atoms with van der Waals surface area (Å²) < 4.78 is 1.86. The van der Waals surface area contributed by atoms with Crippen LogP contribution in [-0.4, -0.2) is 12.5 Å². The van der Waals surface area contributed by atoms with Crippen LogP contribution in [0.3, 0.4) is 0 Å². The van der Waals surface area contributed by atoms with Crippen molar-refractivity contribution in [2.24, 2.45) is 5.92 Å². The Morgan fingerprint density at radius 1 is 1.53 bits per heavy atom. The smallest absolute Gasteiger partial charge is 0.253 e. The van der Waals surface area contributed by atoms with Gasteiger partial charge in [0.1, 0.15) is 0 Å². The van der Waals surface area contributed by atoms with Crippen molar-refractivity contribution >= 4 is 49.1 Å². The van der Waals surface area contributed by atoms with Crippen molar-refractivity contribution in [3.8, 4) is 0 Å². The number of halogens is 2. The van der Waals surface area contributed by atoms with Crippen LogP contribution in [0, 0.1) is 5.92 Å². The van der Waals surface area contributed by atoms with Crippen LogP contribution < -0.4 is 5.32 Å². The number of amides is 1. The molecular weight excluding hydrogens is 342 g/mol. The standard InChI is InChI=1S/C10H11Br2NOS/c11-8-5-7(9(12)15-8)10(14)13-4-3-6-1-2-6/h5-6H,1-4H2,(H,13,14). The molecule has 0 atom stereocenters. The monoisotopic (exact) mass is 351 g/mol. The minimum absolute atomic E-state index is 0.0180. The Balaban J connectivity index is 1.86. The molecule has 15 heavy (non-hydrogen) atoms. The Morgan fingerprint density at radius 2 is 2.27 bits per heavy atom. The van der Waals surface area contributed by atoms with Gasteiger partial charge in [0.15, 0.2) is 0 Å². The highest BCUT2D eigenvalue weighted by atomic mass is 79.9. The third-order valence-corrected chi connectivity index (χ3v) is 4.78. The molecule has 1 amide bonds. The van der Waals surface area contributed by atoms with Crippen LogP contribution in [0.25, 0.3) is 0 Å². The van der Waals surface area contributed by atoms with E-state index in [1.807, 2.05) is 6.07 Å². The Kier molecular flexibility index (Phi) is 3.85. The lowest BCUT2D eigenvalue weighted by molar-refractivity contribution is 0.0952. The molecule has 0 aromatic carbocycles. The molecule has 2 nitrogen and oxygen atoms in total. The third-order valence-electron chi connectivity index (χ3n) is 2.44. The summed E-state index contributed by atoms with van der Waals surface area (Å²) in [4.78, 5) is 11.7. The van der Waals surface area contributed by atoms with Crippen molar-refractivity contribution < 1.29 is 4.79 Å². The lowest BCUT2D eigenvalue weighted by Crippen LogP contribution is -2.24. The lowest BCUT2D eigenvalue weighted by Gasteiger charge is -2.02. The SMILES string of the molecule is O=C(NCCC1CC1)c1cc(Br)sc1Br. The zero-order valence-electron chi connectivity index (χ0n) is 8.06. The Hall–Kier alpha value is 0.130. The average Bonchev–Trinajstić information content (AvgIpc) is 2.92. The van der Waals surface area contributed by atoms with Crippen molar-refractivity contribution in [1.82, 2.24) is 5.32 Å². The van der Waals surface area contributed by atoms with E-state index >= 15 is 0 Å². The van der Waals surface area contributed by atoms with Crippen LogP contribution in [0.1, 0.15) is 29.6 Å². The van der Waals surface area contributed by atoms with E-state index in [-0.39, 0.29) is 5.91 Å². The summed E-state index contributed by atoms with van der Waals surface area (Å²) >= 11 is 8.26. The fraction of sp³-hybridized carbons (Fsp3) is 0.500. The fourth-order valence-corrected chi connectivity index (χ4v) is 4.18. The predicted molar refractivity (Wildman–Crippen MR) is 69.4 cm³/mol. The van der Waals surface area contributed by atoms with Crippen LogP contribution in [0.2, 0.25) is 0 Å². The first kappa shape index (κ1) is 11.6. The van der Waals surface area contributed by atoms with Crippen molar-refractivity contribution in [3.05, 3.63) is 19.2 Å². The number of nitrogens with one attached hydrogen (secondary N) is 1. The van der Waals surface area contributed by atoms with Gasteiger partial charge in [-0.1, -0.05) is 12.8 Å². The van der Waals surface area contributed by atoms with Crippen LogP contribution >= 0.6 is 43.2 Å². The zero-order valence-corrected chi connectivity index (χ0v) is 12.0. The molecule has 5 heteroatoms. The molecule has 82 valence electrons. The van der Waals surface area contributed by atoms with E-state index in [2.05, 4.69) is 37.2 Å². The summed E-state index contributed by atoms with van der Waals surface area (Å²) in [5, 5.41) is 2.94. The highest BCUT2D eigenvalue weighted by Crippen LogP contribution is 2.33. The first-order valence-corrected chi connectivity index (χ1v) is 7.30. The topological polar surface area (TPSA) is 29.1 Å². The van der Waals surface area contributed by atoms with Gasteiger partial charge in [-0.25, -0.2) is 0 Å². The van der Waals surface area contributed by atoms with Crippen molar-refractivity contribution in [2.75, 3.05) is 6.54 Å². The largest absolute Gasteiger partial charge is 0.352 e. The molecule has 0 aliphatic heterocycles. The minimum atomic E-state index is 0.0180. The number of carbonyl (C=O) groups is 1. The van der Waals surface area contributed by atoms with E-state index in [0.717, 1.165) is 32.0 Å². The molecule has 1 aromatic heterocycles. The van der Waals surface area contributed by atoms with Gasteiger partial charge in [-0.2, -0.15) is 0 Å². The van der Waals surface area contributed by atoms with Crippen LogP contribution in [0.4, 0.5) is 0 Å². The summed E-state index contributed by atoms with van der Waals surface area (Å²) in [6.45, 7) is 0.795. The number of carbonyl (C=O) groups excluding carboxylic acids is 1. The molecule has 2 rings (SSSR count). The van der Waals surface area contributed by atoms with E-state index in [9.17, 15) is 4.79 Å². The average molecular weight is 353 g/mol. The van der Waals surface area contributed by atoms with Gasteiger partial charge in [-0.05, 0) is 50.3 Å². The van der Waals surface area contributed by atoms with Gasteiger partial charge >= 0.3 is 0 Å². The van der Waals surface area contributed by atoms with Crippen LogP contribution in [0.15, 0.2) is 13.6 Å². The molecule has 1 aromatic rings. The normalized spacial score (nSPS) is 15.3. The Bertz CT molecular complexity index is 373. The number of rotatable bonds is 4.